The molecule has 0 aliphatic rings. The summed E-state index contributed by atoms with van der Waals surface area (Å²) in [5, 5.41) is 3.08. The number of aromatic nitrogens is 3. The smallest absolute Gasteiger partial charge is 0.307 e. The van der Waals surface area contributed by atoms with E-state index in [0.29, 0.717) is 18.8 Å². The molecule has 6 nitrogen and oxygen atoms in total. The first-order valence-electron chi connectivity index (χ1n) is 5.29. The number of nitrogens with zero attached hydrogens (tertiary/aromatic N) is 3. The number of rotatable bonds is 4. The first-order chi connectivity index (χ1) is 8.22. The zero-order chi connectivity index (χ0) is 12.3. The Morgan fingerprint density at radius 1 is 1.53 bits per heavy atom. The van der Waals surface area contributed by atoms with Gasteiger partial charge in [0.15, 0.2) is 5.82 Å². The van der Waals surface area contributed by atoms with Crippen molar-refractivity contribution in [2.45, 2.75) is 6.42 Å². The topological polar surface area (TPSA) is 69.0 Å². The minimum atomic E-state index is -0.245. The van der Waals surface area contributed by atoms with E-state index >= 15 is 0 Å². The van der Waals surface area contributed by atoms with Crippen molar-refractivity contribution in [3.05, 3.63) is 18.6 Å². The third-order valence-corrected chi connectivity index (χ3v) is 2.49. The highest BCUT2D eigenvalue weighted by Crippen LogP contribution is 2.18. The van der Waals surface area contributed by atoms with Crippen molar-refractivity contribution in [1.82, 2.24) is 14.5 Å². The number of ether oxygens (including phenoxy) is 1. The minimum Gasteiger partial charge on any atom is -0.469 e. The maximum absolute atomic E-state index is 11.0. The second-order valence-electron chi connectivity index (χ2n) is 3.64. The van der Waals surface area contributed by atoms with Gasteiger partial charge in [0, 0.05) is 19.8 Å². The number of pyridine rings is 1. The van der Waals surface area contributed by atoms with Crippen molar-refractivity contribution in [2.24, 2.45) is 7.05 Å². The summed E-state index contributed by atoms with van der Waals surface area (Å²) in [4.78, 5) is 19.4. The average Bonchev–Trinajstić information content (AvgIpc) is 2.72. The summed E-state index contributed by atoms with van der Waals surface area (Å²) in [6.45, 7) is 0.482. The van der Waals surface area contributed by atoms with Crippen LogP contribution >= 0.6 is 0 Å². The molecule has 0 saturated carbocycles. The molecule has 0 saturated heterocycles. The minimum absolute atomic E-state index is 0.245. The summed E-state index contributed by atoms with van der Waals surface area (Å²) < 4.78 is 6.48. The lowest BCUT2D eigenvalue weighted by Crippen LogP contribution is -2.10. The van der Waals surface area contributed by atoms with Gasteiger partial charge in [0.2, 0.25) is 0 Å². The van der Waals surface area contributed by atoms with Crippen LogP contribution in [0, 0.1) is 0 Å². The van der Waals surface area contributed by atoms with Crippen molar-refractivity contribution in [3.8, 4) is 0 Å². The highest BCUT2D eigenvalue weighted by Gasteiger charge is 2.07. The van der Waals surface area contributed by atoms with Gasteiger partial charge in [0.1, 0.15) is 5.52 Å². The normalized spacial score (nSPS) is 10.5. The Kier molecular flexibility index (Phi) is 3.22. The number of esters is 1. The molecule has 0 bridgehead atoms. The van der Waals surface area contributed by atoms with Crippen molar-refractivity contribution < 1.29 is 9.53 Å². The summed E-state index contributed by atoms with van der Waals surface area (Å²) >= 11 is 0. The lowest BCUT2D eigenvalue weighted by atomic mass is 10.3. The number of anilines is 1. The third-order valence-electron chi connectivity index (χ3n) is 2.49. The zero-order valence-electron chi connectivity index (χ0n) is 9.80. The molecule has 1 N–H and O–H groups in total. The zero-order valence-corrected chi connectivity index (χ0v) is 9.80. The number of hydrogen-bond donors (Lipinski definition) is 1. The molecule has 0 atom stereocenters. The molecule has 0 fully saturated rings. The van der Waals surface area contributed by atoms with Crippen LogP contribution in [0.1, 0.15) is 6.42 Å². The van der Waals surface area contributed by atoms with Gasteiger partial charge in [0.05, 0.1) is 25.4 Å². The van der Waals surface area contributed by atoms with Crippen molar-refractivity contribution >= 4 is 22.8 Å². The summed E-state index contributed by atoms with van der Waals surface area (Å²) in [6, 6.07) is 1.90. The molecular weight excluding hydrogens is 220 g/mol. The maximum Gasteiger partial charge on any atom is 0.307 e. The van der Waals surface area contributed by atoms with Crippen LogP contribution < -0.4 is 5.32 Å². The molecule has 2 aromatic rings. The van der Waals surface area contributed by atoms with Gasteiger partial charge in [-0.3, -0.25) is 4.79 Å². The number of carbonyl (C=O) groups excluding carboxylic acids is 1. The van der Waals surface area contributed by atoms with E-state index in [4.69, 9.17) is 0 Å². The van der Waals surface area contributed by atoms with Gasteiger partial charge in [0.25, 0.3) is 0 Å². The Balaban J connectivity index is 2.11. The number of methoxy groups -OCH3 is 1. The third kappa shape index (κ3) is 2.35. The molecule has 0 aliphatic heterocycles. The van der Waals surface area contributed by atoms with E-state index in [1.165, 1.54) is 7.11 Å². The monoisotopic (exact) mass is 234 g/mol. The van der Waals surface area contributed by atoms with Crippen molar-refractivity contribution in [2.75, 3.05) is 19.0 Å². The van der Waals surface area contributed by atoms with Crippen LogP contribution in [-0.4, -0.2) is 34.2 Å². The van der Waals surface area contributed by atoms with E-state index in [2.05, 4.69) is 20.0 Å². The van der Waals surface area contributed by atoms with Crippen LogP contribution in [0.15, 0.2) is 18.6 Å². The van der Waals surface area contributed by atoms with Crippen LogP contribution in [0.3, 0.4) is 0 Å². The Morgan fingerprint density at radius 2 is 2.35 bits per heavy atom. The molecule has 2 rings (SSSR count). The molecule has 0 aromatic carbocycles. The second kappa shape index (κ2) is 4.82. The Labute approximate surface area is 98.6 Å². The van der Waals surface area contributed by atoms with Gasteiger partial charge >= 0.3 is 5.97 Å². The van der Waals surface area contributed by atoms with Gasteiger partial charge in [-0.25, -0.2) is 9.97 Å². The molecule has 0 radical (unpaired) electrons. The highest BCUT2D eigenvalue weighted by atomic mass is 16.5. The van der Waals surface area contributed by atoms with Crippen LogP contribution in [-0.2, 0) is 16.6 Å². The second-order valence-corrected chi connectivity index (χ2v) is 3.64. The fourth-order valence-corrected chi connectivity index (χ4v) is 1.58. The van der Waals surface area contributed by atoms with Crippen LogP contribution in [0.2, 0.25) is 0 Å². The van der Waals surface area contributed by atoms with Gasteiger partial charge in [-0.15, -0.1) is 0 Å². The van der Waals surface area contributed by atoms with E-state index < -0.39 is 0 Å². The number of nitrogens with one attached hydrogen (secondary N) is 1. The van der Waals surface area contributed by atoms with Crippen molar-refractivity contribution in [1.29, 1.82) is 0 Å². The Hall–Kier alpha value is -2.11. The SMILES string of the molecule is COC(=O)CCNc1nccc2c1ncn2C. The van der Waals surface area contributed by atoms with Crippen LogP contribution in [0.25, 0.3) is 11.0 Å². The summed E-state index contributed by atoms with van der Waals surface area (Å²) in [5.41, 5.74) is 1.81. The van der Waals surface area contributed by atoms with E-state index in [1.807, 2.05) is 17.7 Å². The van der Waals surface area contributed by atoms with Gasteiger partial charge in [-0.05, 0) is 6.07 Å². The fraction of sp³-hybridized carbons (Fsp3) is 0.364. The lowest BCUT2D eigenvalue weighted by molar-refractivity contribution is -0.140. The number of imidazole rings is 1. The van der Waals surface area contributed by atoms with E-state index in [9.17, 15) is 4.79 Å². The molecular formula is C11H14N4O2. The summed E-state index contributed by atoms with van der Waals surface area (Å²) in [6.07, 6.45) is 3.75. The van der Waals surface area contributed by atoms with Gasteiger partial charge < -0.3 is 14.6 Å². The molecule has 0 spiro atoms. The predicted molar refractivity (Wildman–Crippen MR) is 63.6 cm³/mol. The lowest BCUT2D eigenvalue weighted by Gasteiger charge is -2.05. The number of carbonyl (C=O) groups is 1. The highest BCUT2D eigenvalue weighted by molar-refractivity contribution is 5.85. The first kappa shape index (κ1) is 11.4. The van der Waals surface area contributed by atoms with Crippen LogP contribution in [0.5, 0.6) is 0 Å². The molecule has 90 valence electrons. The summed E-state index contributed by atoms with van der Waals surface area (Å²) in [7, 11) is 3.30. The Morgan fingerprint density at radius 3 is 3.12 bits per heavy atom. The van der Waals surface area contributed by atoms with E-state index in [1.54, 1.807) is 12.5 Å². The fourth-order valence-electron chi connectivity index (χ4n) is 1.58. The number of aryl methyl sites for hydroxylation is 1. The van der Waals surface area contributed by atoms with Gasteiger partial charge in [-0.2, -0.15) is 0 Å². The summed E-state index contributed by atoms with van der Waals surface area (Å²) in [5.74, 6) is 0.442. The maximum atomic E-state index is 11.0. The number of hydrogen-bond acceptors (Lipinski definition) is 5. The van der Waals surface area contributed by atoms with Crippen molar-refractivity contribution in [3.63, 3.8) is 0 Å². The number of fused-ring (bicyclic) bond motifs is 1. The molecule has 0 aliphatic carbocycles. The molecule has 0 unspecified atom stereocenters. The predicted octanol–water partition coefficient (Wildman–Crippen LogP) is 0.943. The quantitative estimate of drug-likeness (QED) is 0.797. The Bertz CT molecular complexity index is 535. The molecule has 0 amide bonds. The molecule has 6 heteroatoms. The average molecular weight is 234 g/mol. The first-order valence-corrected chi connectivity index (χ1v) is 5.29. The standard InChI is InChI=1S/C11H14N4O2/c1-15-7-14-10-8(15)3-5-12-11(10)13-6-4-9(16)17-2/h3,5,7H,4,6H2,1-2H3,(H,12,13). The van der Waals surface area contributed by atoms with E-state index in [0.717, 1.165) is 11.0 Å². The van der Waals surface area contributed by atoms with E-state index in [-0.39, 0.29) is 5.97 Å². The molecule has 2 aromatic heterocycles. The molecule has 2 heterocycles. The molecule has 17 heavy (non-hydrogen) atoms. The van der Waals surface area contributed by atoms with Crippen LogP contribution in [0.4, 0.5) is 5.82 Å². The largest absolute Gasteiger partial charge is 0.469 e. The van der Waals surface area contributed by atoms with Gasteiger partial charge in [-0.1, -0.05) is 0 Å².